The third-order valence-electron chi connectivity index (χ3n) is 15.0. The van der Waals surface area contributed by atoms with Gasteiger partial charge in [0.1, 0.15) is 17.6 Å². The molecule has 0 radical (unpaired) electrons. The van der Waals surface area contributed by atoms with Crippen LogP contribution in [0.15, 0.2) is 72.8 Å². The first-order valence-corrected chi connectivity index (χ1v) is 30.2. The van der Waals surface area contributed by atoms with Crippen LogP contribution in [-0.2, 0) is 51.9 Å². The molecule has 76 heavy (non-hydrogen) atoms. The number of aliphatic hydroxyl groups excluding tert-OH is 1. The molecule has 5 aliphatic heterocycles. The summed E-state index contributed by atoms with van der Waals surface area (Å²) in [6.07, 6.45) is 1.91. The average molecular weight is 1100 g/mol. The number of hydrogen-bond acceptors (Lipinski definition) is 14. The van der Waals surface area contributed by atoms with Crippen LogP contribution in [0.5, 0.6) is 0 Å². The number of piperidine rings is 1. The lowest BCUT2D eigenvalue weighted by Crippen LogP contribution is -2.59. The molecule has 8 rings (SSSR count). The summed E-state index contributed by atoms with van der Waals surface area (Å²) in [5, 5.41) is 32.6. The van der Waals surface area contributed by atoms with Crippen LogP contribution in [0.3, 0.4) is 0 Å². The first kappa shape index (κ1) is 57.1. The van der Waals surface area contributed by atoms with E-state index in [0.29, 0.717) is 55.9 Å². The Hall–Kier alpha value is -5.07. The number of benzene rings is 3. The van der Waals surface area contributed by atoms with Crippen LogP contribution in [0.1, 0.15) is 86.9 Å². The molecule has 5 unspecified atom stereocenters. The Labute approximate surface area is 455 Å². The van der Waals surface area contributed by atoms with Gasteiger partial charge in [-0.05, 0) is 90.2 Å². The van der Waals surface area contributed by atoms with Gasteiger partial charge >= 0.3 is 0 Å². The van der Waals surface area contributed by atoms with Gasteiger partial charge in [0, 0.05) is 74.0 Å². The van der Waals surface area contributed by atoms with E-state index in [-0.39, 0.29) is 92.7 Å². The molecule has 0 aromatic heterocycles. The fraction of sp³-hybridized carbons (Fsp3) is 0.556. The fourth-order valence-corrected chi connectivity index (χ4v) is 13.9. The number of amides is 6. The molecule has 0 saturated carbocycles. The van der Waals surface area contributed by atoms with Crippen LogP contribution in [0.25, 0.3) is 11.1 Å². The second-order valence-electron chi connectivity index (χ2n) is 21.9. The van der Waals surface area contributed by atoms with E-state index in [1.807, 2.05) is 86.0 Å². The van der Waals surface area contributed by atoms with Gasteiger partial charge in [0.25, 0.3) is 0 Å². The quantitative estimate of drug-likeness (QED) is 0.0912. The number of sulfonamides is 1. The highest BCUT2D eigenvalue weighted by molar-refractivity contribution is 8.00. The monoisotopic (exact) mass is 1100 g/mol. The number of hydrogen-bond donors (Lipinski definition) is 8. The zero-order chi connectivity index (χ0) is 54.3. The summed E-state index contributed by atoms with van der Waals surface area (Å²) >= 11 is 3.42. The highest BCUT2D eigenvalue weighted by atomic mass is 32.2. The van der Waals surface area contributed by atoms with Crippen molar-refractivity contribution in [1.82, 2.24) is 51.3 Å². The Balaban J connectivity index is 0.755. The highest BCUT2D eigenvalue weighted by Crippen LogP contribution is 2.36. The lowest BCUT2D eigenvalue weighted by Gasteiger charge is -2.36. The van der Waals surface area contributed by atoms with E-state index in [9.17, 15) is 42.3 Å². The van der Waals surface area contributed by atoms with Gasteiger partial charge < -0.3 is 41.9 Å². The summed E-state index contributed by atoms with van der Waals surface area (Å²) in [6, 6.07) is 22.9. The molecule has 19 nitrogen and oxygen atoms in total. The maximum Gasteiger partial charge on any atom is 0.246 e. The lowest BCUT2D eigenvalue weighted by molar-refractivity contribution is -0.144. The highest BCUT2D eigenvalue weighted by Gasteiger charge is 2.45. The van der Waals surface area contributed by atoms with Gasteiger partial charge in [0.2, 0.25) is 45.5 Å². The van der Waals surface area contributed by atoms with Gasteiger partial charge in [0.15, 0.2) is 0 Å². The van der Waals surface area contributed by atoms with E-state index in [0.717, 1.165) is 39.9 Å². The van der Waals surface area contributed by atoms with Crippen LogP contribution in [0.2, 0.25) is 0 Å². The van der Waals surface area contributed by atoms with Gasteiger partial charge in [-0.15, -0.1) is 23.5 Å². The molecule has 3 aromatic carbocycles. The molecule has 5 heterocycles. The third kappa shape index (κ3) is 14.9. The molecule has 6 amide bonds. The van der Waals surface area contributed by atoms with Gasteiger partial charge in [-0.2, -0.15) is 0 Å². The molecule has 5 aliphatic rings. The topological polar surface area (TPSA) is 251 Å². The van der Waals surface area contributed by atoms with Gasteiger partial charge in [-0.3, -0.25) is 39.0 Å². The number of β-amino-alcohol motifs (C(OH)–C–C–N with tert-alkyl or cyclic N) is 1. The second kappa shape index (κ2) is 25.2. The first-order chi connectivity index (χ1) is 36.2. The smallest absolute Gasteiger partial charge is 0.246 e. The zero-order valence-corrected chi connectivity index (χ0v) is 46.5. The van der Waals surface area contributed by atoms with E-state index >= 15 is 0 Å². The summed E-state index contributed by atoms with van der Waals surface area (Å²) in [4.78, 5) is 83.6. The van der Waals surface area contributed by atoms with E-state index < -0.39 is 45.5 Å². The Bertz CT molecular complexity index is 2700. The number of thioether (sulfide) groups is 2. The Morgan fingerprint density at radius 3 is 2.13 bits per heavy atom. The first-order valence-electron chi connectivity index (χ1n) is 26.3. The van der Waals surface area contributed by atoms with Crippen LogP contribution in [0.4, 0.5) is 0 Å². The van der Waals surface area contributed by atoms with Crippen molar-refractivity contribution in [3.8, 4) is 11.1 Å². The van der Waals surface area contributed by atoms with Crippen molar-refractivity contribution < 1.29 is 42.3 Å². The number of rotatable bonds is 18. The maximum absolute atomic E-state index is 14.2. The van der Waals surface area contributed by atoms with E-state index in [1.165, 1.54) is 14.8 Å². The second-order valence-corrected chi connectivity index (χ2v) is 26.1. The molecule has 5 saturated heterocycles. The Kier molecular flexibility index (Phi) is 18.9. The molecule has 0 aliphatic carbocycles. The average Bonchev–Trinajstić information content (AvgIpc) is 4.25. The maximum atomic E-state index is 14.2. The molecular formula is C54H74N10O9S3. The van der Waals surface area contributed by atoms with Crippen molar-refractivity contribution in [1.29, 1.82) is 0 Å². The number of carbonyl (C=O) groups excluding carboxylic acids is 6. The van der Waals surface area contributed by atoms with Crippen molar-refractivity contribution in [3.05, 3.63) is 95.1 Å². The minimum Gasteiger partial charge on any atom is -0.391 e. The van der Waals surface area contributed by atoms with Crippen molar-refractivity contribution in [2.24, 2.45) is 17.3 Å². The van der Waals surface area contributed by atoms with Crippen molar-refractivity contribution in [3.63, 3.8) is 0 Å². The zero-order valence-electron chi connectivity index (χ0n) is 44.0. The molecule has 8 N–H and O–H groups in total. The van der Waals surface area contributed by atoms with Crippen LogP contribution >= 0.6 is 23.5 Å². The third-order valence-corrected chi connectivity index (χ3v) is 18.8. The van der Waals surface area contributed by atoms with Gasteiger partial charge in [-0.25, -0.2) is 12.7 Å². The molecular weight excluding hydrogens is 1030 g/mol. The predicted octanol–water partition coefficient (Wildman–Crippen LogP) is 2.39. The van der Waals surface area contributed by atoms with E-state index in [4.69, 9.17) is 0 Å². The van der Waals surface area contributed by atoms with Crippen LogP contribution in [0, 0.1) is 17.3 Å². The molecule has 8 atom stereocenters. The lowest BCUT2D eigenvalue weighted by atomic mass is 9.85. The minimum atomic E-state index is -3.37. The SMILES string of the molecule is CC1NCSC1c1ccc(CNC(=O)[C@@H]2C[C@@H](O)CN2C(=O)[C@@H](NC(=O)CN2CCC(C(=O)NCc3cccc(-c4cccc(C5CSC(NC(=O)CNC(=O)C6CCN(S(C)(=O)=O)C6)N5)c4)c3)CC2)C(C)(C)C)cc1. The summed E-state index contributed by atoms with van der Waals surface area (Å²) in [5.41, 5.74) is 5.10. The molecule has 0 bridgehead atoms. The molecule has 22 heteroatoms. The fourth-order valence-electron chi connectivity index (χ4n) is 10.6. The molecule has 0 spiro atoms. The normalized spacial score (nSPS) is 25.0. The minimum absolute atomic E-state index is 0.00853. The van der Waals surface area contributed by atoms with Gasteiger partial charge in [0.05, 0.1) is 31.4 Å². The summed E-state index contributed by atoms with van der Waals surface area (Å²) in [5.74, 6) is -0.908. The number of likely N-dealkylation sites (tertiary alicyclic amines) is 2. The predicted molar refractivity (Wildman–Crippen MR) is 294 cm³/mol. The molecule has 5 fully saturated rings. The van der Waals surface area contributed by atoms with Crippen LogP contribution < -0.4 is 37.2 Å². The van der Waals surface area contributed by atoms with Crippen molar-refractivity contribution >= 4 is 69.0 Å². The summed E-state index contributed by atoms with van der Waals surface area (Å²) in [7, 11) is -3.37. The molecule has 3 aromatic rings. The van der Waals surface area contributed by atoms with E-state index in [2.05, 4.69) is 68.4 Å². The largest absolute Gasteiger partial charge is 0.391 e. The Morgan fingerprint density at radius 1 is 0.776 bits per heavy atom. The summed E-state index contributed by atoms with van der Waals surface area (Å²) in [6.45, 7) is 9.68. The standard InChI is InChI=1S/C54H74N10O9S3/c1-33-47(75-32-58-33)36-14-12-34(13-15-36)25-56-51(70)44-24-42(65)29-64(44)52(71)48(54(2,3)4)60-46(67)30-62-19-16-37(17-20-62)49(68)55-26-35-8-6-9-38(22-35)39-10-7-11-40(23-39)43-31-74-53(59-43)61-45(66)27-57-50(69)41-18-21-63(28-41)76(5,72)73/h6-15,22-23,33,37,41-44,47-48,53,58-59,65H,16-21,24-32H2,1-5H3,(H,55,68)(H,56,70)(H,57,69)(H,60,67)(H,61,66)/t33?,41?,42-,43?,44+,47?,48-,53?/m1/s1. The number of carbonyl (C=O) groups is 6. The van der Waals surface area contributed by atoms with E-state index in [1.54, 1.807) is 11.8 Å². The van der Waals surface area contributed by atoms with Crippen molar-refractivity contribution in [2.45, 2.75) is 107 Å². The Morgan fingerprint density at radius 2 is 1.45 bits per heavy atom. The molecule has 412 valence electrons. The van der Waals surface area contributed by atoms with Crippen LogP contribution in [-0.4, -0.2) is 156 Å². The van der Waals surface area contributed by atoms with Gasteiger partial charge in [-0.1, -0.05) is 81.4 Å². The number of nitrogens with zero attached hydrogens (tertiary/aromatic N) is 3. The van der Waals surface area contributed by atoms with Crippen molar-refractivity contribution in [2.75, 3.05) is 63.7 Å². The number of aliphatic hydroxyl groups is 1. The summed E-state index contributed by atoms with van der Waals surface area (Å²) < 4.78 is 24.9. The number of nitrogens with one attached hydrogen (secondary N) is 7.